The first-order valence-electron chi connectivity index (χ1n) is 7.35. The van der Waals surface area contributed by atoms with Gasteiger partial charge in [-0.2, -0.15) is 0 Å². The van der Waals surface area contributed by atoms with Crippen molar-refractivity contribution in [1.29, 1.82) is 0 Å². The third kappa shape index (κ3) is 4.15. The van der Waals surface area contributed by atoms with Crippen LogP contribution in [0.2, 0.25) is 0 Å². The van der Waals surface area contributed by atoms with Crippen molar-refractivity contribution in [2.45, 2.75) is 45.7 Å². The van der Waals surface area contributed by atoms with Crippen molar-refractivity contribution in [3.05, 3.63) is 35.7 Å². The number of ether oxygens (including phenoxy) is 1. The molecule has 0 bridgehead atoms. The Balaban J connectivity index is 0.00000161. The lowest BCUT2D eigenvalue weighted by Gasteiger charge is -2.05. The molecule has 0 unspecified atom stereocenters. The lowest BCUT2D eigenvalue weighted by atomic mass is 10.2. The van der Waals surface area contributed by atoms with Gasteiger partial charge in [-0.1, -0.05) is 16.8 Å². The number of halogens is 1. The van der Waals surface area contributed by atoms with Gasteiger partial charge in [-0.3, -0.25) is 0 Å². The molecule has 1 aromatic heterocycles. The zero-order valence-electron chi connectivity index (χ0n) is 12.3. The molecule has 5 nitrogen and oxygen atoms in total. The maximum absolute atomic E-state index is 5.78. The minimum absolute atomic E-state index is 0. The largest absolute Gasteiger partial charge is 1.00 e. The van der Waals surface area contributed by atoms with E-state index in [1.807, 2.05) is 21.5 Å². The number of fused-ring (bicyclic) bond motifs is 1. The molecule has 0 aliphatic carbocycles. The highest BCUT2D eigenvalue weighted by Crippen LogP contribution is 2.12. The van der Waals surface area contributed by atoms with E-state index in [0.29, 0.717) is 6.61 Å². The maximum atomic E-state index is 5.78. The van der Waals surface area contributed by atoms with Gasteiger partial charge in [0.1, 0.15) is 24.1 Å². The summed E-state index contributed by atoms with van der Waals surface area (Å²) in [7, 11) is 0. The monoisotopic (exact) mass is 400 g/mol. The Kier molecular flexibility index (Phi) is 5.96. The van der Waals surface area contributed by atoms with Crippen LogP contribution in [0, 0.1) is 6.92 Å². The second-order valence-electron chi connectivity index (χ2n) is 5.32. The fourth-order valence-electron chi connectivity index (χ4n) is 2.62. The summed E-state index contributed by atoms with van der Waals surface area (Å²) in [5.74, 6) is 2.15. The molecule has 0 amide bonds. The van der Waals surface area contributed by atoms with Gasteiger partial charge in [0.25, 0.3) is 5.82 Å². The van der Waals surface area contributed by atoms with E-state index in [-0.39, 0.29) is 24.0 Å². The molecule has 2 heterocycles. The van der Waals surface area contributed by atoms with Gasteiger partial charge in [-0.25, -0.2) is 0 Å². The normalized spacial score (nSPS) is 14.0. The molecule has 1 aromatic carbocycles. The molecule has 1 aliphatic heterocycles. The van der Waals surface area contributed by atoms with Crippen LogP contribution in [0.1, 0.15) is 30.7 Å². The second kappa shape index (κ2) is 7.72. The number of hydrogen-bond donors (Lipinski definition) is 0. The number of tetrazole rings is 1. The molecule has 0 saturated carbocycles. The van der Waals surface area contributed by atoms with Crippen LogP contribution in [0.15, 0.2) is 24.3 Å². The molecule has 0 N–H and O–H groups in total. The van der Waals surface area contributed by atoms with Crippen molar-refractivity contribution in [1.82, 2.24) is 15.1 Å². The number of aromatic nitrogens is 4. The van der Waals surface area contributed by atoms with Crippen LogP contribution >= 0.6 is 0 Å². The van der Waals surface area contributed by atoms with Crippen molar-refractivity contribution in [3.8, 4) is 5.75 Å². The molecule has 1 aliphatic rings. The number of benzene rings is 1. The van der Waals surface area contributed by atoms with Crippen LogP contribution in [0.4, 0.5) is 0 Å². The van der Waals surface area contributed by atoms with Crippen molar-refractivity contribution in [2.75, 3.05) is 6.61 Å². The summed E-state index contributed by atoms with van der Waals surface area (Å²) >= 11 is 0. The molecule has 6 heteroatoms. The van der Waals surface area contributed by atoms with Gasteiger partial charge < -0.3 is 28.7 Å². The van der Waals surface area contributed by atoms with E-state index in [0.717, 1.165) is 25.3 Å². The van der Waals surface area contributed by atoms with E-state index < -0.39 is 0 Å². The maximum Gasteiger partial charge on any atom is 0.257 e. The average Bonchev–Trinajstić information content (AvgIpc) is 2.68. The van der Waals surface area contributed by atoms with E-state index in [1.54, 1.807) is 0 Å². The molecule has 0 fully saturated rings. The highest BCUT2D eigenvalue weighted by atomic mass is 127. The van der Waals surface area contributed by atoms with Crippen molar-refractivity contribution >= 4 is 0 Å². The SMILES string of the molecule is Cc1cccc(OCCn2nn[n+]3c2CCCCC3)c1.[I-]. The molecule has 0 atom stereocenters. The molecular weight excluding hydrogens is 379 g/mol. The predicted molar refractivity (Wildman–Crippen MR) is 74.4 cm³/mol. The smallest absolute Gasteiger partial charge is 0.257 e. The molecule has 2 aromatic rings. The highest BCUT2D eigenvalue weighted by molar-refractivity contribution is 5.27. The molecule has 21 heavy (non-hydrogen) atoms. The van der Waals surface area contributed by atoms with E-state index in [1.165, 1.54) is 30.7 Å². The summed E-state index contributed by atoms with van der Waals surface area (Å²) < 4.78 is 9.81. The summed E-state index contributed by atoms with van der Waals surface area (Å²) in [6, 6.07) is 8.13. The van der Waals surface area contributed by atoms with E-state index in [2.05, 4.69) is 29.5 Å². The Hall–Kier alpha value is -1.18. The standard InChI is InChI=1S/C15H21N4O.HI/c1-13-6-5-7-14(12-13)20-11-10-19-15-8-3-2-4-9-18(15)16-17-19;/h5-7,12H,2-4,8-11H2,1H3;1H/q+1;/p-1. The van der Waals surface area contributed by atoms with Gasteiger partial charge in [0.15, 0.2) is 5.21 Å². The minimum Gasteiger partial charge on any atom is -1.00 e. The minimum atomic E-state index is 0. The van der Waals surface area contributed by atoms with Crippen LogP contribution in [-0.2, 0) is 19.5 Å². The van der Waals surface area contributed by atoms with Gasteiger partial charge >= 0.3 is 0 Å². The Morgan fingerprint density at radius 1 is 1.29 bits per heavy atom. The van der Waals surface area contributed by atoms with Crippen molar-refractivity contribution in [3.63, 3.8) is 0 Å². The van der Waals surface area contributed by atoms with Crippen molar-refractivity contribution in [2.24, 2.45) is 0 Å². The molecule has 0 radical (unpaired) electrons. The van der Waals surface area contributed by atoms with E-state index >= 15 is 0 Å². The van der Waals surface area contributed by atoms with Gasteiger partial charge in [-0.05, 0) is 43.9 Å². The summed E-state index contributed by atoms with van der Waals surface area (Å²) in [4.78, 5) is 0. The van der Waals surface area contributed by atoms with Gasteiger partial charge in [0.05, 0.1) is 6.54 Å². The molecule has 0 spiro atoms. The molecule has 114 valence electrons. The topological polar surface area (TPSA) is 43.8 Å². The van der Waals surface area contributed by atoms with Crippen LogP contribution in [0.3, 0.4) is 0 Å². The first-order valence-corrected chi connectivity index (χ1v) is 7.35. The van der Waals surface area contributed by atoms with Gasteiger partial charge in [0.2, 0.25) is 0 Å². The van der Waals surface area contributed by atoms with E-state index in [4.69, 9.17) is 4.74 Å². The number of rotatable bonds is 4. The van der Waals surface area contributed by atoms with E-state index in [9.17, 15) is 0 Å². The Bertz CT molecular complexity index is 585. The number of nitrogens with zero attached hydrogens (tertiary/aromatic N) is 4. The van der Waals surface area contributed by atoms with Crippen LogP contribution < -0.4 is 33.4 Å². The second-order valence-corrected chi connectivity index (χ2v) is 5.32. The van der Waals surface area contributed by atoms with Crippen LogP contribution in [-0.4, -0.2) is 21.7 Å². The quantitative estimate of drug-likeness (QED) is 0.473. The summed E-state index contributed by atoms with van der Waals surface area (Å²) in [6.45, 7) is 4.44. The average molecular weight is 400 g/mol. The highest BCUT2D eigenvalue weighted by Gasteiger charge is 2.21. The van der Waals surface area contributed by atoms with Gasteiger partial charge in [-0.15, -0.1) is 4.68 Å². The fraction of sp³-hybridized carbons (Fsp3) is 0.533. The van der Waals surface area contributed by atoms with Crippen LogP contribution in [0.5, 0.6) is 5.75 Å². The first kappa shape index (κ1) is 16.2. The number of aryl methyl sites for hydroxylation is 2. The number of hydrogen-bond acceptors (Lipinski definition) is 3. The summed E-state index contributed by atoms with van der Waals surface area (Å²) in [5.41, 5.74) is 1.22. The summed E-state index contributed by atoms with van der Waals surface area (Å²) in [5, 5.41) is 8.47. The molecular formula is C15H21IN4O. The Morgan fingerprint density at radius 2 is 2.19 bits per heavy atom. The molecule has 3 rings (SSSR count). The fourth-order valence-corrected chi connectivity index (χ4v) is 2.62. The lowest BCUT2D eigenvalue weighted by Crippen LogP contribution is -3.00. The van der Waals surface area contributed by atoms with Crippen molar-refractivity contribution < 1.29 is 33.4 Å². The zero-order chi connectivity index (χ0) is 13.8. The third-order valence-electron chi connectivity index (χ3n) is 3.68. The Morgan fingerprint density at radius 3 is 3.05 bits per heavy atom. The lowest BCUT2D eigenvalue weighted by molar-refractivity contribution is -0.760. The zero-order valence-corrected chi connectivity index (χ0v) is 14.5. The van der Waals surface area contributed by atoms with Crippen LogP contribution in [0.25, 0.3) is 0 Å². The third-order valence-corrected chi connectivity index (χ3v) is 3.68. The Labute approximate surface area is 142 Å². The summed E-state index contributed by atoms with van der Waals surface area (Å²) in [6.07, 6.45) is 4.78. The molecule has 0 saturated heterocycles. The first-order chi connectivity index (χ1) is 9.83. The predicted octanol–water partition coefficient (Wildman–Crippen LogP) is -1.32. The van der Waals surface area contributed by atoms with Gasteiger partial charge in [0, 0.05) is 6.42 Å².